The van der Waals surface area contributed by atoms with E-state index >= 15 is 0 Å². The first-order chi connectivity index (χ1) is 13.2. The summed E-state index contributed by atoms with van der Waals surface area (Å²) in [7, 11) is 0. The quantitative estimate of drug-likeness (QED) is 0.772. The fraction of sp³-hybridized carbons (Fsp3) is 0.952. The van der Waals surface area contributed by atoms with Gasteiger partial charge in [-0.2, -0.15) is 0 Å². The highest BCUT2D eigenvalue weighted by atomic mass is 16.5. The molecule has 6 heteroatoms. The van der Waals surface area contributed by atoms with Crippen molar-refractivity contribution in [1.82, 2.24) is 15.1 Å². The van der Waals surface area contributed by atoms with Gasteiger partial charge in [-0.25, -0.2) is 0 Å². The molecule has 3 N–H and O–H groups in total. The molecule has 6 nitrogen and oxygen atoms in total. The molecule has 0 aromatic rings. The van der Waals surface area contributed by atoms with Gasteiger partial charge < -0.3 is 20.7 Å². The molecular weight excluding hydrogens is 340 g/mol. The van der Waals surface area contributed by atoms with Gasteiger partial charge in [-0.3, -0.25) is 9.69 Å². The summed E-state index contributed by atoms with van der Waals surface area (Å²) in [6.07, 6.45) is 5.72. The SMILES string of the molecule is CC.NC1CNCCC1C1CCC(C(=O)N2CCN(C3COC3)CC2)CC1. The van der Waals surface area contributed by atoms with Crippen molar-refractivity contribution in [3.05, 3.63) is 0 Å². The molecule has 1 saturated carbocycles. The molecule has 27 heavy (non-hydrogen) atoms. The molecule has 4 fully saturated rings. The van der Waals surface area contributed by atoms with Crippen LogP contribution in [-0.4, -0.2) is 80.3 Å². The predicted octanol–water partition coefficient (Wildman–Crippen LogP) is 1.30. The van der Waals surface area contributed by atoms with E-state index in [1.807, 2.05) is 13.8 Å². The van der Waals surface area contributed by atoms with Crippen LogP contribution in [0.15, 0.2) is 0 Å². The molecule has 0 aromatic heterocycles. The molecule has 0 bridgehead atoms. The minimum absolute atomic E-state index is 0.257. The number of carbonyl (C=O) groups excluding carboxylic acids is 1. The summed E-state index contributed by atoms with van der Waals surface area (Å²) in [5.41, 5.74) is 6.32. The maximum atomic E-state index is 12.9. The van der Waals surface area contributed by atoms with E-state index in [0.717, 1.165) is 71.2 Å². The number of ether oxygens (including phenoxy) is 1. The zero-order valence-corrected chi connectivity index (χ0v) is 17.4. The zero-order chi connectivity index (χ0) is 19.2. The highest BCUT2D eigenvalue weighted by molar-refractivity contribution is 5.79. The number of nitrogens with zero attached hydrogens (tertiary/aromatic N) is 2. The van der Waals surface area contributed by atoms with Crippen molar-refractivity contribution in [1.29, 1.82) is 0 Å². The summed E-state index contributed by atoms with van der Waals surface area (Å²) < 4.78 is 5.29. The Kier molecular flexibility index (Phi) is 7.94. The number of piperazine rings is 1. The number of amides is 1. The smallest absolute Gasteiger partial charge is 0.225 e. The number of nitrogens with two attached hydrogens (primary N) is 1. The molecule has 3 aliphatic heterocycles. The van der Waals surface area contributed by atoms with Crippen LogP contribution in [0.4, 0.5) is 0 Å². The Hall–Kier alpha value is -0.690. The molecule has 4 aliphatic rings. The van der Waals surface area contributed by atoms with Crippen LogP contribution in [-0.2, 0) is 9.53 Å². The molecule has 3 heterocycles. The Morgan fingerprint density at radius 3 is 2.22 bits per heavy atom. The summed E-state index contributed by atoms with van der Waals surface area (Å²) in [4.78, 5) is 17.5. The molecule has 0 aromatic carbocycles. The summed E-state index contributed by atoms with van der Waals surface area (Å²) in [6.45, 7) is 11.6. The van der Waals surface area contributed by atoms with Gasteiger partial charge in [0, 0.05) is 44.7 Å². The minimum Gasteiger partial charge on any atom is -0.378 e. The monoisotopic (exact) mass is 380 g/mol. The summed E-state index contributed by atoms with van der Waals surface area (Å²) in [6, 6.07) is 0.899. The van der Waals surface area contributed by atoms with Gasteiger partial charge in [-0.15, -0.1) is 0 Å². The number of carbonyl (C=O) groups is 1. The number of piperidine rings is 1. The Morgan fingerprint density at radius 1 is 1.00 bits per heavy atom. The first kappa shape index (κ1) is 21.0. The van der Waals surface area contributed by atoms with Crippen molar-refractivity contribution in [3.63, 3.8) is 0 Å². The molecule has 1 amide bonds. The molecule has 4 rings (SSSR count). The lowest BCUT2D eigenvalue weighted by Gasteiger charge is -2.44. The standard InChI is InChI=1S/C19H34N4O2.C2H6/c20-18-11-21-6-5-17(18)14-1-3-15(4-2-14)19(24)23-9-7-22(8-10-23)16-12-25-13-16;1-2/h14-18,21H,1-13,20H2;1-2H3. The third kappa shape index (κ3) is 5.03. The molecule has 156 valence electrons. The molecular formula is C21H40N4O2. The first-order valence-corrected chi connectivity index (χ1v) is 11.3. The van der Waals surface area contributed by atoms with Gasteiger partial charge in [0.2, 0.25) is 5.91 Å². The highest BCUT2D eigenvalue weighted by Crippen LogP contribution is 2.37. The lowest BCUT2D eigenvalue weighted by Crippen LogP contribution is -2.58. The molecule has 3 saturated heterocycles. The third-order valence-corrected chi connectivity index (χ3v) is 7.07. The van der Waals surface area contributed by atoms with Gasteiger partial charge in [-0.1, -0.05) is 13.8 Å². The second-order valence-electron chi connectivity index (χ2n) is 8.48. The Bertz CT molecular complexity index is 455. The average molecular weight is 381 g/mol. The number of rotatable bonds is 3. The maximum absolute atomic E-state index is 12.9. The fourth-order valence-corrected chi connectivity index (χ4v) is 5.28. The second kappa shape index (κ2) is 10.2. The fourth-order valence-electron chi connectivity index (χ4n) is 5.28. The summed E-state index contributed by atoms with van der Waals surface area (Å²) in [5, 5.41) is 3.40. The van der Waals surface area contributed by atoms with Crippen LogP contribution in [0.5, 0.6) is 0 Å². The number of hydrogen-bond acceptors (Lipinski definition) is 5. The van der Waals surface area contributed by atoms with E-state index in [1.54, 1.807) is 0 Å². The van der Waals surface area contributed by atoms with E-state index in [9.17, 15) is 4.79 Å². The van der Waals surface area contributed by atoms with Crippen molar-refractivity contribution in [2.45, 2.75) is 58.0 Å². The van der Waals surface area contributed by atoms with Gasteiger partial charge in [0.15, 0.2) is 0 Å². The summed E-state index contributed by atoms with van der Waals surface area (Å²) >= 11 is 0. The van der Waals surface area contributed by atoms with Crippen LogP contribution >= 0.6 is 0 Å². The largest absolute Gasteiger partial charge is 0.378 e. The molecule has 1 aliphatic carbocycles. The van der Waals surface area contributed by atoms with E-state index in [2.05, 4.69) is 15.1 Å². The summed E-state index contributed by atoms with van der Waals surface area (Å²) in [5.74, 6) is 2.06. The van der Waals surface area contributed by atoms with Gasteiger partial charge in [0.1, 0.15) is 0 Å². The van der Waals surface area contributed by atoms with Crippen LogP contribution in [0.3, 0.4) is 0 Å². The van der Waals surface area contributed by atoms with Gasteiger partial charge in [0.05, 0.1) is 19.3 Å². The topological polar surface area (TPSA) is 70.8 Å². The van der Waals surface area contributed by atoms with Gasteiger partial charge in [0.25, 0.3) is 0 Å². The van der Waals surface area contributed by atoms with Crippen LogP contribution in [0.1, 0.15) is 46.0 Å². The Balaban J connectivity index is 0.00000102. The molecule has 2 unspecified atom stereocenters. The predicted molar refractivity (Wildman–Crippen MR) is 109 cm³/mol. The molecule has 2 atom stereocenters. The average Bonchev–Trinajstić information content (AvgIpc) is 2.69. The normalized spacial score (nSPS) is 35.7. The number of nitrogens with one attached hydrogen (secondary N) is 1. The lowest BCUT2D eigenvalue weighted by atomic mass is 9.71. The van der Waals surface area contributed by atoms with Crippen molar-refractivity contribution < 1.29 is 9.53 Å². The van der Waals surface area contributed by atoms with Crippen molar-refractivity contribution in [2.24, 2.45) is 23.5 Å². The Labute approximate surface area is 165 Å². The first-order valence-electron chi connectivity index (χ1n) is 11.3. The van der Waals surface area contributed by atoms with Crippen LogP contribution < -0.4 is 11.1 Å². The van der Waals surface area contributed by atoms with E-state index < -0.39 is 0 Å². The maximum Gasteiger partial charge on any atom is 0.225 e. The van der Waals surface area contributed by atoms with Crippen molar-refractivity contribution in [3.8, 4) is 0 Å². The molecule has 0 spiro atoms. The third-order valence-electron chi connectivity index (χ3n) is 7.07. The molecule has 0 radical (unpaired) electrons. The van der Waals surface area contributed by atoms with E-state index in [1.165, 1.54) is 19.3 Å². The van der Waals surface area contributed by atoms with E-state index in [0.29, 0.717) is 23.9 Å². The van der Waals surface area contributed by atoms with Crippen LogP contribution in [0.2, 0.25) is 0 Å². The van der Waals surface area contributed by atoms with E-state index in [4.69, 9.17) is 10.5 Å². The second-order valence-corrected chi connectivity index (χ2v) is 8.48. The van der Waals surface area contributed by atoms with Crippen molar-refractivity contribution in [2.75, 3.05) is 52.5 Å². The van der Waals surface area contributed by atoms with Crippen molar-refractivity contribution >= 4 is 5.91 Å². The number of hydrogen-bond donors (Lipinski definition) is 2. The van der Waals surface area contributed by atoms with Crippen LogP contribution in [0, 0.1) is 17.8 Å². The van der Waals surface area contributed by atoms with Crippen LogP contribution in [0.25, 0.3) is 0 Å². The van der Waals surface area contributed by atoms with Gasteiger partial charge in [-0.05, 0) is 50.5 Å². The lowest BCUT2D eigenvalue weighted by molar-refractivity contribution is -0.141. The van der Waals surface area contributed by atoms with Gasteiger partial charge >= 0.3 is 0 Å². The highest BCUT2D eigenvalue weighted by Gasteiger charge is 2.37. The minimum atomic E-state index is 0.257. The Morgan fingerprint density at radius 2 is 1.67 bits per heavy atom. The zero-order valence-electron chi connectivity index (χ0n) is 17.4. The van der Waals surface area contributed by atoms with E-state index in [-0.39, 0.29) is 5.92 Å².